The van der Waals surface area contributed by atoms with Crippen LogP contribution in [-0.2, 0) is 6.42 Å². The monoisotopic (exact) mass is 316 g/mol. The number of hydrogen-bond donors (Lipinski definition) is 2. The van der Waals surface area contributed by atoms with Gasteiger partial charge in [-0.3, -0.25) is 0 Å². The van der Waals surface area contributed by atoms with Crippen LogP contribution in [0.25, 0.3) is 0 Å². The van der Waals surface area contributed by atoms with Crippen LogP contribution in [-0.4, -0.2) is 10.2 Å². The van der Waals surface area contributed by atoms with E-state index in [-0.39, 0.29) is 11.5 Å². The SMILES string of the molecule is CCCC=CCC=CCCCCCCCc1ccc(O)cc1O. The zero-order valence-electron chi connectivity index (χ0n) is 14.5. The van der Waals surface area contributed by atoms with Crippen molar-refractivity contribution in [3.8, 4) is 11.5 Å². The molecule has 1 aromatic rings. The maximum Gasteiger partial charge on any atom is 0.122 e. The molecule has 0 saturated carbocycles. The van der Waals surface area contributed by atoms with Crippen molar-refractivity contribution in [3.05, 3.63) is 48.1 Å². The summed E-state index contributed by atoms with van der Waals surface area (Å²) in [7, 11) is 0. The number of unbranched alkanes of at least 4 members (excludes halogenated alkanes) is 6. The van der Waals surface area contributed by atoms with Gasteiger partial charge in [-0.2, -0.15) is 0 Å². The maximum absolute atomic E-state index is 9.71. The quantitative estimate of drug-likeness (QED) is 0.352. The summed E-state index contributed by atoms with van der Waals surface area (Å²) in [5.41, 5.74) is 0.932. The molecule has 23 heavy (non-hydrogen) atoms. The van der Waals surface area contributed by atoms with Crippen LogP contribution in [0.4, 0.5) is 0 Å². The lowest BCUT2D eigenvalue weighted by Gasteiger charge is -2.05. The summed E-state index contributed by atoms with van der Waals surface area (Å²) < 4.78 is 0. The zero-order valence-corrected chi connectivity index (χ0v) is 14.5. The lowest BCUT2D eigenvalue weighted by Crippen LogP contribution is -1.87. The number of phenolic OH excluding ortho intramolecular Hbond substituents is 2. The van der Waals surface area contributed by atoms with Crippen molar-refractivity contribution in [2.24, 2.45) is 0 Å². The second-order valence-electron chi connectivity index (χ2n) is 6.09. The van der Waals surface area contributed by atoms with Crippen LogP contribution in [0.1, 0.15) is 70.3 Å². The fourth-order valence-corrected chi connectivity index (χ4v) is 2.54. The average molecular weight is 316 g/mol. The molecular weight excluding hydrogens is 284 g/mol. The number of hydrogen-bond acceptors (Lipinski definition) is 2. The summed E-state index contributed by atoms with van der Waals surface area (Å²) in [6.07, 6.45) is 20.7. The number of rotatable bonds is 12. The Labute approximate surface area is 141 Å². The molecule has 2 heteroatoms. The van der Waals surface area contributed by atoms with Gasteiger partial charge in [-0.1, -0.05) is 63.0 Å². The first-order valence-electron chi connectivity index (χ1n) is 9.05. The van der Waals surface area contributed by atoms with E-state index in [4.69, 9.17) is 0 Å². The normalized spacial score (nSPS) is 11.7. The Kier molecular flexibility index (Phi) is 10.8. The summed E-state index contributed by atoms with van der Waals surface area (Å²) in [5.74, 6) is 0.336. The minimum absolute atomic E-state index is 0.125. The molecule has 0 aliphatic heterocycles. The molecule has 2 N–H and O–H groups in total. The van der Waals surface area contributed by atoms with Crippen LogP contribution < -0.4 is 0 Å². The zero-order chi connectivity index (χ0) is 16.8. The van der Waals surface area contributed by atoms with E-state index >= 15 is 0 Å². The predicted octanol–water partition coefficient (Wildman–Crippen LogP) is 6.28. The highest BCUT2D eigenvalue weighted by Crippen LogP contribution is 2.24. The molecule has 0 spiro atoms. The third kappa shape index (κ3) is 9.83. The number of aromatic hydroxyl groups is 2. The second-order valence-corrected chi connectivity index (χ2v) is 6.09. The van der Waals surface area contributed by atoms with Gasteiger partial charge in [0.2, 0.25) is 0 Å². The summed E-state index contributed by atoms with van der Waals surface area (Å²) in [4.78, 5) is 0. The van der Waals surface area contributed by atoms with Crippen LogP contribution in [0.5, 0.6) is 11.5 Å². The summed E-state index contributed by atoms with van der Waals surface area (Å²) >= 11 is 0. The molecule has 0 heterocycles. The van der Waals surface area contributed by atoms with Crippen LogP contribution in [0.2, 0.25) is 0 Å². The van der Waals surface area contributed by atoms with Crippen LogP contribution in [0.15, 0.2) is 42.5 Å². The molecule has 0 atom stereocenters. The first kappa shape index (κ1) is 19.3. The molecule has 1 aromatic carbocycles. The molecule has 0 saturated heterocycles. The largest absolute Gasteiger partial charge is 0.508 e. The Morgan fingerprint density at radius 1 is 0.826 bits per heavy atom. The van der Waals surface area contributed by atoms with Gasteiger partial charge in [0.05, 0.1) is 0 Å². The van der Waals surface area contributed by atoms with Crippen molar-refractivity contribution in [1.29, 1.82) is 0 Å². The molecule has 0 fully saturated rings. The average Bonchev–Trinajstić information content (AvgIpc) is 2.53. The molecular formula is C21H32O2. The van der Waals surface area contributed by atoms with E-state index in [0.29, 0.717) is 0 Å². The van der Waals surface area contributed by atoms with Crippen molar-refractivity contribution < 1.29 is 10.2 Å². The highest BCUT2D eigenvalue weighted by molar-refractivity contribution is 5.38. The third-order valence-corrected chi connectivity index (χ3v) is 3.95. The van der Waals surface area contributed by atoms with Crippen molar-refractivity contribution in [2.45, 2.75) is 71.1 Å². The Bertz CT molecular complexity index is 475. The third-order valence-electron chi connectivity index (χ3n) is 3.95. The van der Waals surface area contributed by atoms with Crippen LogP contribution in [0, 0.1) is 0 Å². The van der Waals surface area contributed by atoms with Crippen molar-refractivity contribution >= 4 is 0 Å². The Balaban J connectivity index is 1.96. The molecule has 0 bridgehead atoms. The van der Waals surface area contributed by atoms with Gasteiger partial charge in [0.15, 0.2) is 0 Å². The lowest BCUT2D eigenvalue weighted by molar-refractivity contribution is 0.445. The van der Waals surface area contributed by atoms with Crippen molar-refractivity contribution in [2.75, 3.05) is 0 Å². The van der Waals surface area contributed by atoms with E-state index in [1.807, 2.05) is 6.07 Å². The molecule has 0 radical (unpaired) electrons. The molecule has 0 aliphatic carbocycles. The van der Waals surface area contributed by atoms with E-state index in [0.717, 1.165) is 24.8 Å². The van der Waals surface area contributed by atoms with E-state index in [1.54, 1.807) is 6.07 Å². The Morgan fingerprint density at radius 3 is 2.26 bits per heavy atom. The topological polar surface area (TPSA) is 40.5 Å². The van der Waals surface area contributed by atoms with Gasteiger partial charge >= 0.3 is 0 Å². The van der Waals surface area contributed by atoms with Gasteiger partial charge in [0.25, 0.3) is 0 Å². The molecule has 0 aromatic heterocycles. The number of allylic oxidation sites excluding steroid dienone is 4. The van der Waals surface area contributed by atoms with E-state index in [9.17, 15) is 10.2 Å². The molecule has 1 rings (SSSR count). The maximum atomic E-state index is 9.71. The van der Waals surface area contributed by atoms with Gasteiger partial charge in [-0.05, 0) is 50.2 Å². The highest BCUT2D eigenvalue weighted by Gasteiger charge is 2.01. The first-order chi connectivity index (χ1) is 11.2. The highest BCUT2D eigenvalue weighted by atomic mass is 16.3. The van der Waals surface area contributed by atoms with E-state index in [2.05, 4.69) is 31.2 Å². The van der Waals surface area contributed by atoms with Gasteiger partial charge in [0, 0.05) is 6.07 Å². The van der Waals surface area contributed by atoms with Crippen molar-refractivity contribution in [1.82, 2.24) is 0 Å². The standard InChI is InChI=1S/C21H32O2/c1-2-3-4-5-6-7-8-9-10-11-12-13-14-15-19-16-17-20(22)18-21(19)23/h4-5,7-8,16-18,22-23H,2-3,6,9-15H2,1H3. The second kappa shape index (κ2) is 12.8. The smallest absolute Gasteiger partial charge is 0.122 e. The number of aryl methyl sites for hydroxylation is 1. The summed E-state index contributed by atoms with van der Waals surface area (Å²) in [6, 6.07) is 4.86. The predicted molar refractivity (Wildman–Crippen MR) is 99.0 cm³/mol. The molecule has 128 valence electrons. The van der Waals surface area contributed by atoms with Gasteiger partial charge in [-0.25, -0.2) is 0 Å². The van der Waals surface area contributed by atoms with Crippen LogP contribution >= 0.6 is 0 Å². The fraction of sp³-hybridized carbons (Fsp3) is 0.524. The van der Waals surface area contributed by atoms with Crippen molar-refractivity contribution in [3.63, 3.8) is 0 Å². The van der Waals surface area contributed by atoms with Gasteiger partial charge in [0.1, 0.15) is 11.5 Å². The number of benzene rings is 1. The fourth-order valence-electron chi connectivity index (χ4n) is 2.54. The Hall–Kier alpha value is -1.70. The molecule has 0 amide bonds. The van der Waals surface area contributed by atoms with E-state index in [1.165, 1.54) is 51.0 Å². The summed E-state index contributed by atoms with van der Waals surface area (Å²) in [6.45, 7) is 2.20. The lowest BCUT2D eigenvalue weighted by atomic mass is 10.0. The van der Waals surface area contributed by atoms with Gasteiger partial charge in [-0.15, -0.1) is 0 Å². The molecule has 2 nitrogen and oxygen atoms in total. The van der Waals surface area contributed by atoms with E-state index < -0.39 is 0 Å². The molecule has 0 aliphatic rings. The minimum atomic E-state index is 0.125. The molecule has 0 unspecified atom stereocenters. The number of phenols is 2. The Morgan fingerprint density at radius 2 is 1.52 bits per heavy atom. The minimum Gasteiger partial charge on any atom is -0.508 e. The van der Waals surface area contributed by atoms with Gasteiger partial charge < -0.3 is 10.2 Å². The van der Waals surface area contributed by atoms with Crippen LogP contribution in [0.3, 0.4) is 0 Å². The first-order valence-corrected chi connectivity index (χ1v) is 9.05. The summed E-state index contributed by atoms with van der Waals surface area (Å²) in [5, 5.41) is 19.0.